The normalized spacial score (nSPS) is 10.7. The average Bonchev–Trinajstić information content (AvgIpc) is 2.91. The highest BCUT2D eigenvalue weighted by atomic mass is 35.5. The van der Waals surface area contributed by atoms with Gasteiger partial charge in [0.15, 0.2) is 5.82 Å². The van der Waals surface area contributed by atoms with Gasteiger partial charge in [-0.2, -0.15) is 4.68 Å². The van der Waals surface area contributed by atoms with Crippen LogP contribution in [-0.2, 0) is 0 Å². The summed E-state index contributed by atoms with van der Waals surface area (Å²) in [7, 11) is 0. The van der Waals surface area contributed by atoms with Crippen LogP contribution in [0.3, 0.4) is 0 Å². The minimum Gasteiger partial charge on any atom is -0.398 e. The molecular formula is C14H12ClN5. The molecule has 6 heteroatoms. The molecule has 100 valence electrons. The van der Waals surface area contributed by atoms with Crippen molar-refractivity contribution in [3.8, 4) is 17.1 Å². The Hall–Kier alpha value is -2.40. The molecule has 2 aromatic carbocycles. The first-order valence-electron chi connectivity index (χ1n) is 6.06. The number of rotatable bonds is 2. The van der Waals surface area contributed by atoms with Crippen LogP contribution in [0.4, 0.5) is 5.69 Å². The van der Waals surface area contributed by atoms with Gasteiger partial charge < -0.3 is 5.73 Å². The molecule has 0 amide bonds. The number of hydrogen-bond acceptors (Lipinski definition) is 4. The molecule has 0 bridgehead atoms. The predicted molar refractivity (Wildman–Crippen MR) is 78.7 cm³/mol. The molecule has 0 unspecified atom stereocenters. The smallest absolute Gasteiger partial charge is 0.187 e. The van der Waals surface area contributed by atoms with Crippen molar-refractivity contribution in [1.82, 2.24) is 20.2 Å². The molecule has 0 radical (unpaired) electrons. The van der Waals surface area contributed by atoms with Crippen molar-refractivity contribution in [1.29, 1.82) is 0 Å². The van der Waals surface area contributed by atoms with Gasteiger partial charge in [0.2, 0.25) is 0 Å². The maximum Gasteiger partial charge on any atom is 0.187 e. The summed E-state index contributed by atoms with van der Waals surface area (Å²) in [6.07, 6.45) is 0. The molecule has 0 saturated heterocycles. The fourth-order valence-electron chi connectivity index (χ4n) is 1.97. The van der Waals surface area contributed by atoms with Crippen LogP contribution in [0.2, 0.25) is 5.02 Å². The first-order chi connectivity index (χ1) is 9.65. The van der Waals surface area contributed by atoms with Crippen molar-refractivity contribution < 1.29 is 0 Å². The number of nitrogens with two attached hydrogens (primary N) is 1. The van der Waals surface area contributed by atoms with Crippen molar-refractivity contribution in [3.63, 3.8) is 0 Å². The maximum atomic E-state index is 6.05. The van der Waals surface area contributed by atoms with E-state index in [1.807, 2.05) is 37.3 Å². The zero-order valence-corrected chi connectivity index (χ0v) is 11.5. The first kappa shape index (κ1) is 12.6. The zero-order chi connectivity index (χ0) is 14.1. The van der Waals surface area contributed by atoms with Crippen LogP contribution >= 0.6 is 11.6 Å². The molecule has 0 aliphatic rings. The lowest BCUT2D eigenvalue weighted by atomic mass is 10.2. The van der Waals surface area contributed by atoms with Gasteiger partial charge in [0.25, 0.3) is 0 Å². The summed E-state index contributed by atoms with van der Waals surface area (Å²) in [4.78, 5) is 0. The molecule has 3 aromatic rings. The second-order valence-electron chi connectivity index (χ2n) is 4.49. The fourth-order valence-corrected chi connectivity index (χ4v) is 2.15. The molecule has 0 spiro atoms. The molecule has 0 aliphatic carbocycles. The van der Waals surface area contributed by atoms with Crippen LogP contribution in [0.15, 0.2) is 42.5 Å². The van der Waals surface area contributed by atoms with E-state index in [1.165, 1.54) is 0 Å². The molecule has 5 nitrogen and oxygen atoms in total. The SMILES string of the molecule is Cc1cccc(-n2nnnc2-c2ccc(N)c(Cl)c2)c1. The van der Waals surface area contributed by atoms with Gasteiger partial charge >= 0.3 is 0 Å². The van der Waals surface area contributed by atoms with Crippen LogP contribution in [0.25, 0.3) is 17.1 Å². The molecule has 20 heavy (non-hydrogen) atoms. The Morgan fingerprint density at radius 1 is 1.15 bits per heavy atom. The van der Waals surface area contributed by atoms with E-state index >= 15 is 0 Å². The molecule has 1 aromatic heterocycles. The standard InChI is InChI=1S/C14H12ClN5/c1-9-3-2-4-11(7-9)20-14(17-18-19-20)10-5-6-13(16)12(15)8-10/h2-8H,16H2,1H3. The van der Waals surface area contributed by atoms with E-state index in [1.54, 1.807) is 16.8 Å². The molecular weight excluding hydrogens is 274 g/mol. The third-order valence-electron chi connectivity index (χ3n) is 2.97. The van der Waals surface area contributed by atoms with E-state index < -0.39 is 0 Å². The Bertz CT molecular complexity index is 766. The lowest BCUT2D eigenvalue weighted by Gasteiger charge is -2.06. The maximum absolute atomic E-state index is 6.05. The monoisotopic (exact) mass is 285 g/mol. The molecule has 0 fully saturated rings. The number of benzene rings is 2. The highest BCUT2D eigenvalue weighted by Gasteiger charge is 2.12. The number of anilines is 1. The minimum atomic E-state index is 0.487. The van der Waals surface area contributed by atoms with Crippen molar-refractivity contribution in [2.75, 3.05) is 5.73 Å². The number of hydrogen-bond donors (Lipinski definition) is 1. The summed E-state index contributed by atoms with van der Waals surface area (Å²) in [5.41, 5.74) is 9.11. The van der Waals surface area contributed by atoms with Crippen LogP contribution in [0, 0.1) is 6.92 Å². The lowest BCUT2D eigenvalue weighted by molar-refractivity contribution is 0.790. The summed E-state index contributed by atoms with van der Waals surface area (Å²) in [5.74, 6) is 0.623. The van der Waals surface area contributed by atoms with E-state index in [2.05, 4.69) is 15.5 Å². The summed E-state index contributed by atoms with van der Waals surface area (Å²) in [5, 5.41) is 12.3. The van der Waals surface area contributed by atoms with E-state index in [-0.39, 0.29) is 0 Å². The van der Waals surface area contributed by atoms with E-state index in [0.29, 0.717) is 16.5 Å². The number of tetrazole rings is 1. The third-order valence-corrected chi connectivity index (χ3v) is 3.30. The van der Waals surface area contributed by atoms with Gasteiger partial charge in [-0.05, 0) is 53.2 Å². The zero-order valence-electron chi connectivity index (χ0n) is 10.8. The fraction of sp³-hybridized carbons (Fsp3) is 0.0714. The third kappa shape index (κ3) is 2.23. The summed E-state index contributed by atoms with van der Waals surface area (Å²) in [6.45, 7) is 2.02. The quantitative estimate of drug-likeness (QED) is 0.735. The number of halogens is 1. The van der Waals surface area contributed by atoms with Crippen molar-refractivity contribution >= 4 is 17.3 Å². The molecule has 3 rings (SSSR count). The van der Waals surface area contributed by atoms with E-state index in [9.17, 15) is 0 Å². The number of nitrogens with zero attached hydrogens (tertiary/aromatic N) is 4. The van der Waals surface area contributed by atoms with Crippen LogP contribution in [0.1, 0.15) is 5.56 Å². The van der Waals surface area contributed by atoms with Crippen LogP contribution in [-0.4, -0.2) is 20.2 Å². The molecule has 0 saturated carbocycles. The van der Waals surface area contributed by atoms with Crippen LogP contribution < -0.4 is 5.73 Å². The van der Waals surface area contributed by atoms with E-state index in [0.717, 1.165) is 16.8 Å². The highest BCUT2D eigenvalue weighted by molar-refractivity contribution is 6.33. The summed E-state index contributed by atoms with van der Waals surface area (Å²) < 4.78 is 1.68. The van der Waals surface area contributed by atoms with Gasteiger partial charge in [-0.1, -0.05) is 23.7 Å². The Morgan fingerprint density at radius 2 is 2.00 bits per heavy atom. The first-order valence-corrected chi connectivity index (χ1v) is 6.44. The van der Waals surface area contributed by atoms with Gasteiger partial charge in [-0.3, -0.25) is 0 Å². The van der Waals surface area contributed by atoms with E-state index in [4.69, 9.17) is 17.3 Å². The molecule has 2 N–H and O–H groups in total. The lowest BCUT2D eigenvalue weighted by Crippen LogP contribution is -2.00. The Kier molecular flexibility index (Phi) is 3.12. The number of nitrogen functional groups attached to an aromatic ring is 1. The summed E-state index contributed by atoms with van der Waals surface area (Å²) >= 11 is 6.05. The minimum absolute atomic E-state index is 0.487. The Morgan fingerprint density at radius 3 is 2.75 bits per heavy atom. The second kappa shape index (κ2) is 4.94. The van der Waals surface area contributed by atoms with Gasteiger partial charge in [0, 0.05) is 5.56 Å². The topological polar surface area (TPSA) is 69.6 Å². The predicted octanol–water partition coefficient (Wildman–Crippen LogP) is 2.87. The van der Waals surface area contributed by atoms with Crippen molar-refractivity contribution in [2.24, 2.45) is 0 Å². The number of aromatic nitrogens is 4. The molecule has 0 atom stereocenters. The van der Waals surface area contributed by atoms with Gasteiger partial charge in [0.1, 0.15) is 0 Å². The molecule has 1 heterocycles. The largest absolute Gasteiger partial charge is 0.398 e. The highest BCUT2D eigenvalue weighted by Crippen LogP contribution is 2.26. The number of aryl methyl sites for hydroxylation is 1. The average molecular weight is 286 g/mol. The van der Waals surface area contributed by atoms with Gasteiger partial charge in [-0.15, -0.1) is 5.10 Å². The Labute approximate surface area is 121 Å². The van der Waals surface area contributed by atoms with Gasteiger partial charge in [0.05, 0.1) is 16.4 Å². The molecule has 0 aliphatic heterocycles. The van der Waals surface area contributed by atoms with Crippen molar-refractivity contribution in [3.05, 3.63) is 53.1 Å². The van der Waals surface area contributed by atoms with Crippen molar-refractivity contribution in [2.45, 2.75) is 6.92 Å². The summed E-state index contributed by atoms with van der Waals surface area (Å²) in [6, 6.07) is 13.3. The van der Waals surface area contributed by atoms with Gasteiger partial charge in [-0.25, -0.2) is 0 Å². The van der Waals surface area contributed by atoms with Crippen LogP contribution in [0.5, 0.6) is 0 Å². The Balaban J connectivity index is 2.12. The second-order valence-corrected chi connectivity index (χ2v) is 4.90.